The van der Waals surface area contributed by atoms with Crippen molar-refractivity contribution in [2.24, 2.45) is 0 Å². The van der Waals surface area contributed by atoms with Crippen molar-refractivity contribution in [2.75, 3.05) is 6.54 Å². The summed E-state index contributed by atoms with van der Waals surface area (Å²) in [4.78, 5) is 26.4. The lowest BCUT2D eigenvalue weighted by molar-refractivity contribution is -0.108. The lowest BCUT2D eigenvalue weighted by atomic mass is 10.3. The van der Waals surface area contributed by atoms with Gasteiger partial charge in [0.1, 0.15) is 6.29 Å². The number of unbranched alkanes of at least 4 members (excludes halogenated alkanes) is 1. The zero-order chi connectivity index (χ0) is 11.8. The van der Waals surface area contributed by atoms with Gasteiger partial charge < -0.3 is 14.8 Å². The monoisotopic (exact) mass is 222 g/mol. The first kappa shape index (κ1) is 12.2. The van der Waals surface area contributed by atoms with Gasteiger partial charge in [-0.2, -0.15) is 0 Å². The first-order valence-electron chi connectivity index (χ1n) is 5.05. The maximum absolute atomic E-state index is 10.9. The molecule has 86 valence electrons. The molecule has 0 atom stereocenters. The van der Waals surface area contributed by atoms with Gasteiger partial charge in [-0.3, -0.25) is 4.98 Å². The first-order valence-corrected chi connectivity index (χ1v) is 5.05. The van der Waals surface area contributed by atoms with Crippen LogP contribution in [0.2, 0.25) is 0 Å². The summed E-state index contributed by atoms with van der Waals surface area (Å²) < 4.78 is 0. The number of hydrogen-bond donors (Lipinski definition) is 1. The van der Waals surface area contributed by atoms with Gasteiger partial charge >= 0.3 is 6.09 Å². The molecule has 0 aliphatic carbocycles. The number of carbonyl (C=O) groups excluding carboxylic acids is 1. The molecule has 0 bridgehead atoms. The summed E-state index contributed by atoms with van der Waals surface area (Å²) in [6.07, 6.45) is 2.35. The number of amides is 1. The SMILES string of the molecule is O=CCCCN(Cc1ccccn1)C(=O)O. The van der Waals surface area contributed by atoms with Gasteiger partial charge in [0, 0.05) is 19.2 Å². The molecular weight excluding hydrogens is 208 g/mol. The van der Waals surface area contributed by atoms with Crippen LogP contribution in [0.4, 0.5) is 4.79 Å². The Labute approximate surface area is 93.7 Å². The van der Waals surface area contributed by atoms with E-state index in [-0.39, 0.29) is 6.54 Å². The van der Waals surface area contributed by atoms with Gasteiger partial charge in [0.05, 0.1) is 12.2 Å². The van der Waals surface area contributed by atoms with E-state index >= 15 is 0 Å². The minimum Gasteiger partial charge on any atom is -0.465 e. The van der Waals surface area contributed by atoms with E-state index in [4.69, 9.17) is 5.11 Å². The van der Waals surface area contributed by atoms with E-state index < -0.39 is 6.09 Å². The van der Waals surface area contributed by atoms with Crippen molar-refractivity contribution < 1.29 is 14.7 Å². The van der Waals surface area contributed by atoms with Crippen LogP contribution in [-0.4, -0.2) is 33.9 Å². The highest BCUT2D eigenvalue weighted by Crippen LogP contribution is 2.03. The van der Waals surface area contributed by atoms with E-state index in [1.807, 2.05) is 6.07 Å². The number of aldehydes is 1. The molecular formula is C11H14N2O3. The molecule has 1 N–H and O–H groups in total. The van der Waals surface area contributed by atoms with E-state index in [0.29, 0.717) is 25.1 Å². The molecule has 1 amide bonds. The molecule has 5 nitrogen and oxygen atoms in total. The van der Waals surface area contributed by atoms with Crippen LogP contribution in [0.1, 0.15) is 18.5 Å². The van der Waals surface area contributed by atoms with Crippen molar-refractivity contribution in [1.29, 1.82) is 0 Å². The molecule has 1 heterocycles. The Morgan fingerprint density at radius 3 is 2.88 bits per heavy atom. The van der Waals surface area contributed by atoms with Crippen LogP contribution in [0, 0.1) is 0 Å². The Morgan fingerprint density at radius 1 is 1.50 bits per heavy atom. The topological polar surface area (TPSA) is 70.5 Å². The lowest BCUT2D eigenvalue weighted by Crippen LogP contribution is -2.30. The number of rotatable bonds is 6. The molecule has 0 aromatic carbocycles. The predicted molar refractivity (Wildman–Crippen MR) is 58.0 cm³/mol. The summed E-state index contributed by atoms with van der Waals surface area (Å²) in [5.41, 5.74) is 0.705. The number of nitrogens with zero attached hydrogens (tertiary/aromatic N) is 2. The second kappa shape index (κ2) is 6.55. The molecule has 0 saturated heterocycles. The number of carboxylic acid groups (broad SMARTS) is 1. The van der Waals surface area contributed by atoms with Crippen LogP contribution in [-0.2, 0) is 11.3 Å². The molecule has 1 aromatic rings. The minimum absolute atomic E-state index is 0.259. The van der Waals surface area contributed by atoms with E-state index in [1.165, 1.54) is 4.90 Å². The largest absolute Gasteiger partial charge is 0.465 e. The fraction of sp³-hybridized carbons (Fsp3) is 0.364. The summed E-state index contributed by atoms with van der Waals surface area (Å²) in [7, 11) is 0. The van der Waals surface area contributed by atoms with E-state index in [2.05, 4.69) is 4.98 Å². The van der Waals surface area contributed by atoms with Crippen LogP contribution in [0.5, 0.6) is 0 Å². The summed E-state index contributed by atoms with van der Waals surface area (Å²) in [5, 5.41) is 8.94. The third kappa shape index (κ3) is 4.08. The highest BCUT2D eigenvalue weighted by molar-refractivity contribution is 5.64. The average molecular weight is 222 g/mol. The summed E-state index contributed by atoms with van der Waals surface area (Å²) in [6, 6.07) is 5.37. The first-order chi connectivity index (χ1) is 7.74. The molecule has 1 rings (SSSR count). The van der Waals surface area contributed by atoms with E-state index in [0.717, 1.165) is 6.29 Å². The predicted octanol–water partition coefficient (Wildman–Crippen LogP) is 1.54. The zero-order valence-corrected chi connectivity index (χ0v) is 8.87. The molecule has 1 aromatic heterocycles. The summed E-state index contributed by atoms with van der Waals surface area (Å²) in [6.45, 7) is 0.611. The molecule has 0 aliphatic rings. The molecule has 0 spiro atoms. The fourth-order valence-electron chi connectivity index (χ4n) is 1.30. The van der Waals surface area contributed by atoms with E-state index in [1.54, 1.807) is 18.3 Å². The minimum atomic E-state index is -0.989. The second-order valence-electron chi connectivity index (χ2n) is 3.33. The van der Waals surface area contributed by atoms with Crippen LogP contribution in [0.25, 0.3) is 0 Å². The molecule has 0 aliphatic heterocycles. The van der Waals surface area contributed by atoms with Gasteiger partial charge in [0.25, 0.3) is 0 Å². The average Bonchev–Trinajstić information content (AvgIpc) is 2.29. The molecule has 0 radical (unpaired) electrons. The Bertz CT molecular complexity index is 340. The van der Waals surface area contributed by atoms with Gasteiger partial charge in [-0.1, -0.05) is 6.07 Å². The van der Waals surface area contributed by atoms with Crippen LogP contribution < -0.4 is 0 Å². The Hall–Kier alpha value is -1.91. The summed E-state index contributed by atoms with van der Waals surface area (Å²) in [5.74, 6) is 0. The normalized spacial score (nSPS) is 9.75. The zero-order valence-electron chi connectivity index (χ0n) is 8.87. The fourth-order valence-corrected chi connectivity index (χ4v) is 1.30. The van der Waals surface area contributed by atoms with Gasteiger partial charge in [0.15, 0.2) is 0 Å². The third-order valence-corrected chi connectivity index (χ3v) is 2.10. The van der Waals surface area contributed by atoms with Crippen molar-refractivity contribution >= 4 is 12.4 Å². The van der Waals surface area contributed by atoms with Crippen LogP contribution >= 0.6 is 0 Å². The Morgan fingerprint density at radius 2 is 2.31 bits per heavy atom. The highest BCUT2D eigenvalue weighted by Gasteiger charge is 2.11. The Kier molecular flexibility index (Phi) is 4.98. The standard InChI is InChI=1S/C11H14N2O3/c14-8-4-3-7-13(11(15)16)9-10-5-1-2-6-12-10/h1-2,5-6,8H,3-4,7,9H2,(H,15,16). The summed E-state index contributed by atoms with van der Waals surface area (Å²) >= 11 is 0. The van der Waals surface area contributed by atoms with Gasteiger partial charge in [-0.25, -0.2) is 4.79 Å². The van der Waals surface area contributed by atoms with E-state index in [9.17, 15) is 9.59 Å². The molecule has 0 unspecified atom stereocenters. The number of aromatic nitrogens is 1. The maximum Gasteiger partial charge on any atom is 0.407 e. The number of carbonyl (C=O) groups is 2. The maximum atomic E-state index is 10.9. The van der Waals surface area contributed by atoms with Gasteiger partial charge in [-0.15, -0.1) is 0 Å². The third-order valence-electron chi connectivity index (χ3n) is 2.10. The van der Waals surface area contributed by atoms with Crippen LogP contribution in [0.3, 0.4) is 0 Å². The van der Waals surface area contributed by atoms with Gasteiger partial charge in [0.2, 0.25) is 0 Å². The van der Waals surface area contributed by atoms with Crippen molar-refractivity contribution in [1.82, 2.24) is 9.88 Å². The number of hydrogen-bond acceptors (Lipinski definition) is 3. The molecule has 0 saturated carbocycles. The quantitative estimate of drug-likeness (QED) is 0.585. The second-order valence-corrected chi connectivity index (χ2v) is 3.33. The molecule has 0 fully saturated rings. The smallest absolute Gasteiger partial charge is 0.407 e. The van der Waals surface area contributed by atoms with Crippen molar-refractivity contribution in [3.63, 3.8) is 0 Å². The van der Waals surface area contributed by atoms with Crippen LogP contribution in [0.15, 0.2) is 24.4 Å². The van der Waals surface area contributed by atoms with Crippen molar-refractivity contribution in [3.05, 3.63) is 30.1 Å². The van der Waals surface area contributed by atoms with Gasteiger partial charge in [-0.05, 0) is 18.6 Å². The number of pyridine rings is 1. The van der Waals surface area contributed by atoms with Crippen molar-refractivity contribution in [3.8, 4) is 0 Å². The van der Waals surface area contributed by atoms with Crippen molar-refractivity contribution in [2.45, 2.75) is 19.4 Å². The Balaban J connectivity index is 2.51. The lowest BCUT2D eigenvalue weighted by Gasteiger charge is -2.17. The molecule has 16 heavy (non-hydrogen) atoms. The molecule has 5 heteroatoms. The highest BCUT2D eigenvalue weighted by atomic mass is 16.4.